The molecule has 288 valence electrons. The van der Waals surface area contributed by atoms with Crippen molar-refractivity contribution in [2.24, 2.45) is 11.3 Å². The number of amides is 3. The third-order valence-electron chi connectivity index (χ3n) is 9.06. The van der Waals surface area contributed by atoms with Gasteiger partial charge in [-0.25, -0.2) is 22.9 Å². The van der Waals surface area contributed by atoms with Gasteiger partial charge in [0.1, 0.15) is 29.2 Å². The van der Waals surface area contributed by atoms with Crippen LogP contribution in [0.4, 0.5) is 18.0 Å². The van der Waals surface area contributed by atoms with Gasteiger partial charge < -0.3 is 29.2 Å². The first-order valence-electron chi connectivity index (χ1n) is 17.7. The van der Waals surface area contributed by atoms with Crippen LogP contribution in [0.15, 0.2) is 54.7 Å². The number of benzene rings is 2. The first-order chi connectivity index (χ1) is 24.8. The van der Waals surface area contributed by atoms with E-state index in [0.717, 1.165) is 23.8 Å². The lowest BCUT2D eigenvalue weighted by molar-refractivity contribution is -0.161. The fraction of sp³-hybridized carbons (Fsp3) is 0.513. The van der Waals surface area contributed by atoms with E-state index in [1.807, 2.05) is 44.2 Å². The standard InChI is InChI=1S/C39H50F3N5O6/c1-24(52-26(3)49)36(50)47(21-28-20-46(22-32(28)42)37(51)53-38(4,5)6)34(39(7,8)16-17-43-25(2)48)35-44-33(30-18-29(40)14-15-31(30)41)23-45(35)19-27-12-10-9-11-13-27/h9-15,18,23-24,28,32,34H,16-17,19-22H2,1-8H3,(H,43,48)/t24-,28-,32?,34-/m0/s1. The zero-order chi connectivity index (χ0) is 39.2. The molecule has 2 heterocycles. The van der Waals surface area contributed by atoms with Crippen LogP contribution < -0.4 is 5.32 Å². The second-order valence-electron chi connectivity index (χ2n) is 15.2. The van der Waals surface area contributed by atoms with Gasteiger partial charge in [0.05, 0.1) is 18.3 Å². The van der Waals surface area contributed by atoms with Crippen molar-refractivity contribution in [1.82, 2.24) is 24.7 Å². The lowest BCUT2D eigenvalue weighted by Gasteiger charge is -2.43. The molecular weight excluding hydrogens is 691 g/mol. The maximum atomic E-state index is 16.0. The summed E-state index contributed by atoms with van der Waals surface area (Å²) in [5.74, 6) is -3.64. The van der Waals surface area contributed by atoms with Crippen molar-refractivity contribution in [2.75, 3.05) is 26.2 Å². The molecule has 1 aliphatic rings. The van der Waals surface area contributed by atoms with Gasteiger partial charge in [-0.15, -0.1) is 0 Å². The number of hydrogen-bond acceptors (Lipinski definition) is 7. The van der Waals surface area contributed by atoms with E-state index in [4.69, 9.17) is 14.5 Å². The summed E-state index contributed by atoms with van der Waals surface area (Å²) in [6.07, 6.45) is -1.68. The summed E-state index contributed by atoms with van der Waals surface area (Å²) in [5.41, 5.74) is -0.935. The van der Waals surface area contributed by atoms with Crippen molar-refractivity contribution in [3.8, 4) is 11.3 Å². The van der Waals surface area contributed by atoms with Gasteiger partial charge in [0.15, 0.2) is 6.10 Å². The molecule has 11 nitrogen and oxygen atoms in total. The van der Waals surface area contributed by atoms with Crippen molar-refractivity contribution in [3.63, 3.8) is 0 Å². The highest BCUT2D eigenvalue weighted by molar-refractivity contribution is 5.83. The third kappa shape index (κ3) is 10.8. The number of alkyl halides is 1. The van der Waals surface area contributed by atoms with E-state index in [9.17, 15) is 23.6 Å². The average molecular weight is 742 g/mol. The third-order valence-corrected chi connectivity index (χ3v) is 9.06. The molecule has 14 heteroatoms. The van der Waals surface area contributed by atoms with Crippen LogP contribution >= 0.6 is 0 Å². The largest absolute Gasteiger partial charge is 0.453 e. The predicted octanol–water partition coefficient (Wildman–Crippen LogP) is 6.46. The first-order valence-corrected chi connectivity index (χ1v) is 17.7. The Bertz CT molecular complexity index is 1780. The Morgan fingerprint density at radius 3 is 2.32 bits per heavy atom. The number of esters is 1. The highest BCUT2D eigenvalue weighted by Gasteiger charge is 2.46. The maximum absolute atomic E-state index is 16.0. The topological polar surface area (TPSA) is 123 Å². The van der Waals surface area contributed by atoms with Crippen molar-refractivity contribution < 1.29 is 41.8 Å². The van der Waals surface area contributed by atoms with Crippen LogP contribution in [0.2, 0.25) is 0 Å². The lowest BCUT2D eigenvalue weighted by Crippen LogP contribution is -2.51. The summed E-state index contributed by atoms with van der Waals surface area (Å²) in [7, 11) is 0. The minimum atomic E-state index is -1.55. The number of carbonyl (C=O) groups excluding carboxylic acids is 4. The van der Waals surface area contributed by atoms with Crippen molar-refractivity contribution in [1.29, 1.82) is 0 Å². The Morgan fingerprint density at radius 2 is 1.70 bits per heavy atom. The molecule has 1 unspecified atom stereocenters. The number of carbonyl (C=O) groups is 4. The number of nitrogens with one attached hydrogen (secondary N) is 1. The van der Waals surface area contributed by atoms with Gasteiger partial charge in [-0.1, -0.05) is 44.2 Å². The number of halogens is 3. The Morgan fingerprint density at radius 1 is 1.02 bits per heavy atom. The number of ether oxygens (including phenoxy) is 2. The zero-order valence-corrected chi connectivity index (χ0v) is 31.6. The smallest absolute Gasteiger partial charge is 0.410 e. The Labute approximate surface area is 308 Å². The normalized spacial score (nSPS) is 17.2. The highest BCUT2D eigenvalue weighted by atomic mass is 19.1. The van der Waals surface area contributed by atoms with Gasteiger partial charge in [-0.2, -0.15) is 0 Å². The number of aromatic nitrogens is 2. The molecule has 0 bridgehead atoms. The minimum Gasteiger partial charge on any atom is -0.453 e. The van der Waals surface area contributed by atoms with Gasteiger partial charge in [-0.3, -0.25) is 14.4 Å². The molecule has 1 saturated heterocycles. The van der Waals surface area contributed by atoms with Crippen LogP contribution in [0.25, 0.3) is 11.3 Å². The number of nitrogens with zero attached hydrogens (tertiary/aromatic N) is 4. The van der Waals surface area contributed by atoms with E-state index in [2.05, 4.69) is 5.32 Å². The van der Waals surface area contributed by atoms with Crippen molar-refractivity contribution in [2.45, 2.75) is 92.3 Å². The molecule has 3 amide bonds. The van der Waals surface area contributed by atoms with Crippen LogP contribution in [0.1, 0.15) is 79.2 Å². The molecule has 0 spiro atoms. The molecule has 2 aromatic carbocycles. The molecule has 4 rings (SSSR count). The predicted molar refractivity (Wildman–Crippen MR) is 192 cm³/mol. The molecule has 53 heavy (non-hydrogen) atoms. The van der Waals surface area contributed by atoms with E-state index in [0.29, 0.717) is 6.42 Å². The van der Waals surface area contributed by atoms with Gasteiger partial charge in [0, 0.05) is 57.7 Å². The summed E-state index contributed by atoms with van der Waals surface area (Å²) in [5, 5.41) is 2.79. The molecule has 4 atom stereocenters. The number of imidazole rings is 1. The van der Waals surface area contributed by atoms with Crippen molar-refractivity contribution in [3.05, 3.63) is 77.8 Å². The number of likely N-dealkylation sites (tertiary alicyclic amines) is 1. The van der Waals surface area contributed by atoms with E-state index in [-0.39, 0.29) is 55.7 Å². The highest BCUT2D eigenvalue weighted by Crippen LogP contribution is 2.43. The number of rotatable bonds is 13. The van der Waals surface area contributed by atoms with E-state index < -0.39 is 64.9 Å². The van der Waals surface area contributed by atoms with Crippen LogP contribution in [0, 0.1) is 23.0 Å². The lowest BCUT2D eigenvalue weighted by atomic mass is 9.78. The van der Waals surface area contributed by atoms with Gasteiger partial charge in [0.25, 0.3) is 5.91 Å². The molecule has 0 saturated carbocycles. The fourth-order valence-electron chi connectivity index (χ4n) is 6.57. The molecular formula is C39H50F3N5O6. The van der Waals surface area contributed by atoms with Gasteiger partial charge in [-0.05, 0) is 63.3 Å². The van der Waals surface area contributed by atoms with Crippen LogP contribution in [-0.4, -0.2) is 87.3 Å². The first kappa shape index (κ1) is 40.9. The molecule has 1 aliphatic heterocycles. The van der Waals surface area contributed by atoms with Crippen LogP contribution in [0.3, 0.4) is 0 Å². The molecule has 1 N–H and O–H groups in total. The maximum Gasteiger partial charge on any atom is 0.410 e. The summed E-state index contributed by atoms with van der Waals surface area (Å²) < 4.78 is 58.4. The minimum absolute atomic E-state index is 0.0704. The number of hydrogen-bond donors (Lipinski definition) is 1. The van der Waals surface area contributed by atoms with Crippen LogP contribution in [-0.2, 0) is 30.4 Å². The van der Waals surface area contributed by atoms with E-state index >= 15 is 8.78 Å². The Balaban J connectivity index is 1.92. The fourth-order valence-corrected chi connectivity index (χ4v) is 6.57. The van der Waals surface area contributed by atoms with Crippen molar-refractivity contribution >= 4 is 23.9 Å². The molecule has 3 aromatic rings. The zero-order valence-electron chi connectivity index (χ0n) is 31.6. The quantitative estimate of drug-likeness (QED) is 0.200. The molecule has 0 radical (unpaired) electrons. The van der Waals surface area contributed by atoms with E-state index in [1.54, 1.807) is 31.5 Å². The molecule has 0 aliphatic carbocycles. The van der Waals surface area contributed by atoms with E-state index in [1.165, 1.54) is 30.6 Å². The molecule has 1 fully saturated rings. The second kappa shape index (κ2) is 16.9. The summed E-state index contributed by atoms with van der Waals surface area (Å²) in [6.45, 7) is 12.6. The summed E-state index contributed by atoms with van der Waals surface area (Å²) in [4.78, 5) is 59.1. The monoisotopic (exact) mass is 741 g/mol. The van der Waals surface area contributed by atoms with Gasteiger partial charge >= 0.3 is 12.1 Å². The average Bonchev–Trinajstić information content (AvgIpc) is 3.63. The Kier molecular flexibility index (Phi) is 13.0. The Hall–Kier alpha value is -4.88. The molecule has 1 aromatic heterocycles. The van der Waals surface area contributed by atoms with Crippen LogP contribution in [0.5, 0.6) is 0 Å². The SMILES string of the molecule is CC(=O)NCCC(C)(C)[C@H](c1nc(-c2cc(F)ccc2F)cn1Cc1ccccc1)N(C[C@@H]1CN(C(=O)OC(C)(C)C)CC1F)C(=O)[C@H](C)OC(C)=O. The summed E-state index contributed by atoms with van der Waals surface area (Å²) in [6, 6.07) is 11.3. The van der Waals surface area contributed by atoms with Gasteiger partial charge in [0.2, 0.25) is 5.91 Å². The summed E-state index contributed by atoms with van der Waals surface area (Å²) >= 11 is 0. The second-order valence-corrected chi connectivity index (χ2v) is 15.2.